The van der Waals surface area contributed by atoms with Crippen LogP contribution in [0.5, 0.6) is 0 Å². The van der Waals surface area contributed by atoms with Gasteiger partial charge < -0.3 is 10.2 Å². The van der Waals surface area contributed by atoms with Gasteiger partial charge in [0.05, 0.1) is 16.8 Å². The molecule has 2 aromatic rings. The lowest BCUT2D eigenvalue weighted by Crippen LogP contribution is -2.27. The van der Waals surface area contributed by atoms with Crippen LogP contribution in [0, 0.1) is 12.3 Å². The van der Waals surface area contributed by atoms with Crippen molar-refractivity contribution in [1.82, 2.24) is 0 Å². The Bertz CT molecular complexity index is 858. The van der Waals surface area contributed by atoms with Gasteiger partial charge >= 0.3 is 5.97 Å². The second-order valence-electron chi connectivity index (χ2n) is 6.17. The Labute approximate surface area is 140 Å². The van der Waals surface area contributed by atoms with Gasteiger partial charge in [-0.25, -0.2) is 8.42 Å². The van der Waals surface area contributed by atoms with E-state index >= 15 is 0 Å². The standard InChI is InChI=1S/C18H18O5S/c1-12-7-9-13(10-8-12)15-16(18(15,11-19)17(20)21)24(22,23)14-5-3-2-4-6-14/h2-10,15-16,19H,11H2,1H3,(H,20,21). The van der Waals surface area contributed by atoms with Gasteiger partial charge in [0.15, 0.2) is 9.84 Å². The number of carboxylic acid groups (broad SMARTS) is 1. The van der Waals surface area contributed by atoms with Crippen LogP contribution in [0.3, 0.4) is 0 Å². The number of rotatable bonds is 5. The molecule has 0 aliphatic heterocycles. The minimum absolute atomic E-state index is 0.0729. The van der Waals surface area contributed by atoms with Crippen LogP contribution in [-0.2, 0) is 14.6 Å². The highest BCUT2D eigenvalue weighted by Gasteiger charge is 2.75. The van der Waals surface area contributed by atoms with Crippen LogP contribution in [0.1, 0.15) is 17.0 Å². The first-order valence-corrected chi connectivity index (χ1v) is 9.10. The van der Waals surface area contributed by atoms with E-state index in [0.29, 0.717) is 5.56 Å². The second-order valence-corrected chi connectivity index (χ2v) is 8.24. The van der Waals surface area contributed by atoms with Crippen molar-refractivity contribution in [2.45, 2.75) is 23.0 Å². The molecular weight excluding hydrogens is 328 g/mol. The number of aliphatic hydroxyl groups excluding tert-OH is 1. The molecule has 126 valence electrons. The molecule has 0 saturated heterocycles. The largest absolute Gasteiger partial charge is 0.481 e. The van der Waals surface area contributed by atoms with Crippen LogP contribution < -0.4 is 0 Å². The molecule has 6 heteroatoms. The van der Waals surface area contributed by atoms with E-state index in [9.17, 15) is 23.4 Å². The second kappa shape index (κ2) is 5.72. The monoisotopic (exact) mass is 346 g/mol. The Morgan fingerprint density at radius 3 is 2.17 bits per heavy atom. The maximum atomic E-state index is 12.9. The van der Waals surface area contributed by atoms with Crippen molar-refractivity contribution in [2.24, 2.45) is 5.41 Å². The molecule has 0 spiro atoms. The lowest BCUT2D eigenvalue weighted by atomic mass is 9.99. The number of sulfone groups is 1. The number of aliphatic carboxylic acids is 1. The third-order valence-corrected chi connectivity index (χ3v) is 7.05. The Hall–Kier alpha value is -2.18. The fourth-order valence-electron chi connectivity index (χ4n) is 3.37. The summed E-state index contributed by atoms with van der Waals surface area (Å²) >= 11 is 0. The predicted octanol–water partition coefficient (Wildman–Crippen LogP) is 2.00. The van der Waals surface area contributed by atoms with E-state index in [1.807, 2.05) is 19.1 Å². The van der Waals surface area contributed by atoms with Crippen molar-refractivity contribution in [2.75, 3.05) is 6.61 Å². The average Bonchev–Trinajstić information content (AvgIpc) is 3.28. The molecule has 2 aromatic carbocycles. The molecule has 1 saturated carbocycles. The van der Waals surface area contributed by atoms with Crippen molar-refractivity contribution in [3.63, 3.8) is 0 Å². The summed E-state index contributed by atoms with van der Waals surface area (Å²) in [4.78, 5) is 11.9. The Balaban J connectivity index is 2.11. The van der Waals surface area contributed by atoms with Crippen LogP contribution in [0.2, 0.25) is 0 Å². The van der Waals surface area contributed by atoms with E-state index < -0.39 is 39.0 Å². The lowest BCUT2D eigenvalue weighted by Gasteiger charge is -2.09. The van der Waals surface area contributed by atoms with Gasteiger partial charge in [-0.15, -0.1) is 0 Å². The SMILES string of the molecule is Cc1ccc(C2C(S(=O)(=O)c3ccccc3)C2(CO)C(=O)O)cc1. The zero-order valence-corrected chi connectivity index (χ0v) is 13.9. The highest BCUT2D eigenvalue weighted by molar-refractivity contribution is 7.92. The van der Waals surface area contributed by atoms with E-state index in [2.05, 4.69) is 0 Å². The molecule has 1 aliphatic carbocycles. The van der Waals surface area contributed by atoms with Crippen molar-refractivity contribution >= 4 is 15.8 Å². The summed E-state index contributed by atoms with van der Waals surface area (Å²) in [5, 5.41) is 18.2. The van der Waals surface area contributed by atoms with Gasteiger partial charge in [0, 0.05) is 5.92 Å². The third-order valence-electron chi connectivity index (χ3n) is 4.76. The van der Waals surface area contributed by atoms with Crippen molar-refractivity contribution in [3.8, 4) is 0 Å². The Morgan fingerprint density at radius 2 is 1.67 bits per heavy atom. The quantitative estimate of drug-likeness (QED) is 0.864. The normalized spacial score (nSPS) is 26.1. The first-order chi connectivity index (χ1) is 11.4. The van der Waals surface area contributed by atoms with Gasteiger partial charge in [-0.05, 0) is 24.6 Å². The van der Waals surface area contributed by atoms with Crippen LogP contribution in [0.15, 0.2) is 59.5 Å². The number of aryl methyl sites for hydroxylation is 1. The number of aliphatic hydroxyl groups is 1. The van der Waals surface area contributed by atoms with Crippen molar-refractivity contribution < 1.29 is 23.4 Å². The summed E-state index contributed by atoms with van der Waals surface area (Å²) in [5.74, 6) is -2.06. The minimum atomic E-state index is -3.88. The summed E-state index contributed by atoms with van der Waals surface area (Å²) in [6.07, 6.45) is 0. The highest BCUT2D eigenvalue weighted by atomic mass is 32.2. The molecular formula is C18H18O5S. The number of benzene rings is 2. The number of carboxylic acids is 1. The van der Waals surface area contributed by atoms with Crippen molar-refractivity contribution in [1.29, 1.82) is 0 Å². The number of carbonyl (C=O) groups is 1. The minimum Gasteiger partial charge on any atom is -0.481 e. The molecule has 1 aliphatic rings. The van der Waals surface area contributed by atoms with Gasteiger partial charge in [-0.1, -0.05) is 48.0 Å². The predicted molar refractivity (Wildman–Crippen MR) is 88.5 cm³/mol. The molecule has 0 heterocycles. The molecule has 0 aromatic heterocycles. The van der Waals surface area contributed by atoms with E-state index in [-0.39, 0.29) is 4.90 Å². The Kier molecular flexibility index (Phi) is 3.97. The average molecular weight is 346 g/mol. The van der Waals surface area contributed by atoms with E-state index in [1.54, 1.807) is 30.3 Å². The summed E-state index contributed by atoms with van der Waals surface area (Å²) < 4.78 is 25.9. The van der Waals surface area contributed by atoms with Crippen LogP contribution in [0.4, 0.5) is 0 Å². The molecule has 5 nitrogen and oxygen atoms in total. The fourth-order valence-corrected chi connectivity index (χ4v) is 5.76. The van der Waals surface area contributed by atoms with E-state index in [1.165, 1.54) is 12.1 Å². The van der Waals surface area contributed by atoms with Gasteiger partial charge in [0.25, 0.3) is 0 Å². The summed E-state index contributed by atoms with van der Waals surface area (Å²) in [6.45, 7) is 1.17. The van der Waals surface area contributed by atoms with Gasteiger partial charge in [0.1, 0.15) is 5.41 Å². The first kappa shape index (κ1) is 16.7. The molecule has 1 fully saturated rings. The highest BCUT2D eigenvalue weighted by Crippen LogP contribution is 2.64. The van der Waals surface area contributed by atoms with Gasteiger partial charge in [-0.2, -0.15) is 0 Å². The smallest absolute Gasteiger partial charge is 0.314 e. The molecule has 24 heavy (non-hydrogen) atoms. The van der Waals surface area contributed by atoms with Gasteiger partial charge in [-0.3, -0.25) is 4.79 Å². The first-order valence-electron chi connectivity index (χ1n) is 7.55. The molecule has 3 atom stereocenters. The van der Waals surface area contributed by atoms with Crippen molar-refractivity contribution in [3.05, 3.63) is 65.7 Å². The Morgan fingerprint density at radius 1 is 1.08 bits per heavy atom. The zero-order chi connectivity index (χ0) is 17.5. The van der Waals surface area contributed by atoms with E-state index in [0.717, 1.165) is 5.56 Å². The molecule has 0 radical (unpaired) electrons. The maximum Gasteiger partial charge on any atom is 0.314 e. The summed E-state index contributed by atoms with van der Waals surface area (Å²) in [6, 6.07) is 14.9. The summed E-state index contributed by atoms with van der Waals surface area (Å²) in [5.41, 5.74) is -0.0995. The third kappa shape index (κ3) is 2.34. The zero-order valence-electron chi connectivity index (χ0n) is 13.1. The maximum absolute atomic E-state index is 12.9. The number of hydrogen-bond donors (Lipinski definition) is 2. The van der Waals surface area contributed by atoms with Crippen LogP contribution in [-0.4, -0.2) is 36.5 Å². The van der Waals surface area contributed by atoms with Crippen LogP contribution in [0.25, 0.3) is 0 Å². The molecule has 3 rings (SSSR count). The molecule has 0 bridgehead atoms. The molecule has 3 unspecified atom stereocenters. The van der Waals surface area contributed by atoms with E-state index in [4.69, 9.17) is 0 Å². The fraction of sp³-hybridized carbons (Fsp3) is 0.278. The lowest BCUT2D eigenvalue weighted by molar-refractivity contribution is -0.145. The topological polar surface area (TPSA) is 91.7 Å². The van der Waals surface area contributed by atoms with Gasteiger partial charge in [0.2, 0.25) is 0 Å². The number of hydrogen-bond acceptors (Lipinski definition) is 4. The summed E-state index contributed by atoms with van der Waals surface area (Å²) in [7, 11) is -3.88. The molecule has 0 amide bonds. The van der Waals surface area contributed by atoms with Crippen LogP contribution >= 0.6 is 0 Å². The molecule has 2 N–H and O–H groups in total.